The first-order valence-electron chi connectivity index (χ1n) is 5.84. The molecule has 0 saturated carbocycles. The number of hydrogen-bond donors (Lipinski definition) is 1. The van der Waals surface area contributed by atoms with Crippen LogP contribution in [0.2, 0.25) is 0 Å². The van der Waals surface area contributed by atoms with Crippen LogP contribution in [0, 0.1) is 6.92 Å². The molecular formula is C14H20N2. The predicted molar refractivity (Wildman–Crippen MR) is 69.9 cm³/mol. The van der Waals surface area contributed by atoms with E-state index in [1.54, 1.807) is 0 Å². The van der Waals surface area contributed by atoms with Crippen LogP contribution in [-0.2, 0) is 13.5 Å². The molecule has 0 aliphatic rings. The lowest BCUT2D eigenvalue weighted by atomic mass is 10.0. The van der Waals surface area contributed by atoms with Crippen molar-refractivity contribution < 1.29 is 0 Å². The second kappa shape index (κ2) is 4.30. The summed E-state index contributed by atoms with van der Waals surface area (Å²) in [5.74, 6) is 0. The molecule has 0 aliphatic heterocycles. The fraction of sp³-hybridized carbons (Fsp3) is 0.429. The van der Waals surface area contributed by atoms with Gasteiger partial charge in [-0.2, -0.15) is 0 Å². The normalized spacial score (nSPS) is 13.2. The van der Waals surface area contributed by atoms with Crippen LogP contribution in [-0.4, -0.2) is 17.7 Å². The molecule has 1 N–H and O–H groups in total. The van der Waals surface area contributed by atoms with E-state index >= 15 is 0 Å². The van der Waals surface area contributed by atoms with Crippen LogP contribution in [0.25, 0.3) is 10.9 Å². The van der Waals surface area contributed by atoms with Crippen molar-refractivity contribution in [3.8, 4) is 0 Å². The van der Waals surface area contributed by atoms with E-state index in [0.717, 1.165) is 6.42 Å². The number of hydrogen-bond acceptors (Lipinski definition) is 1. The lowest BCUT2D eigenvalue weighted by Crippen LogP contribution is -2.23. The van der Waals surface area contributed by atoms with E-state index in [9.17, 15) is 0 Å². The van der Waals surface area contributed by atoms with Crippen molar-refractivity contribution in [2.75, 3.05) is 7.05 Å². The van der Waals surface area contributed by atoms with Gasteiger partial charge in [0.2, 0.25) is 0 Å². The maximum Gasteiger partial charge on any atom is 0.0510 e. The number of fused-ring (bicyclic) bond motifs is 1. The number of aryl methyl sites for hydroxylation is 2. The Morgan fingerprint density at radius 3 is 2.81 bits per heavy atom. The average molecular weight is 216 g/mol. The van der Waals surface area contributed by atoms with Crippen molar-refractivity contribution >= 4 is 10.9 Å². The first-order chi connectivity index (χ1) is 7.63. The largest absolute Gasteiger partial charge is 0.350 e. The van der Waals surface area contributed by atoms with Crippen molar-refractivity contribution in [1.82, 2.24) is 9.88 Å². The zero-order chi connectivity index (χ0) is 11.7. The highest BCUT2D eigenvalue weighted by atomic mass is 14.9. The molecule has 2 nitrogen and oxygen atoms in total. The third-order valence-electron chi connectivity index (χ3n) is 3.30. The smallest absolute Gasteiger partial charge is 0.0510 e. The van der Waals surface area contributed by atoms with Crippen molar-refractivity contribution in [2.45, 2.75) is 26.3 Å². The number of nitrogens with one attached hydrogen (secondary N) is 1. The molecule has 0 spiro atoms. The van der Waals surface area contributed by atoms with Gasteiger partial charge in [0.1, 0.15) is 0 Å². The SMILES string of the molecule is CNC(C)Cc1cn(C)c2c(C)cccc12. The molecular weight excluding hydrogens is 196 g/mol. The lowest BCUT2D eigenvalue weighted by molar-refractivity contribution is 0.609. The molecule has 0 fully saturated rings. The third kappa shape index (κ3) is 1.85. The summed E-state index contributed by atoms with van der Waals surface area (Å²) < 4.78 is 2.24. The Morgan fingerprint density at radius 1 is 1.38 bits per heavy atom. The summed E-state index contributed by atoms with van der Waals surface area (Å²) in [7, 11) is 4.14. The van der Waals surface area contributed by atoms with Crippen LogP contribution >= 0.6 is 0 Å². The van der Waals surface area contributed by atoms with Crippen LogP contribution < -0.4 is 5.32 Å². The van der Waals surface area contributed by atoms with Crippen LogP contribution in [0.15, 0.2) is 24.4 Å². The topological polar surface area (TPSA) is 17.0 Å². The van der Waals surface area contributed by atoms with E-state index < -0.39 is 0 Å². The van der Waals surface area contributed by atoms with Crippen LogP contribution in [0.1, 0.15) is 18.1 Å². The molecule has 0 amide bonds. The fourth-order valence-corrected chi connectivity index (χ4v) is 2.35. The van der Waals surface area contributed by atoms with Crippen molar-refractivity contribution in [2.24, 2.45) is 7.05 Å². The van der Waals surface area contributed by atoms with Gasteiger partial charge in [-0.1, -0.05) is 18.2 Å². The van der Waals surface area contributed by atoms with E-state index in [4.69, 9.17) is 0 Å². The Bertz CT molecular complexity index is 497. The molecule has 0 radical (unpaired) electrons. The highest BCUT2D eigenvalue weighted by Crippen LogP contribution is 2.24. The summed E-state index contributed by atoms with van der Waals surface area (Å²) in [6.45, 7) is 4.39. The number of rotatable bonds is 3. The molecule has 1 aromatic carbocycles. The van der Waals surface area contributed by atoms with Gasteiger partial charge in [-0.3, -0.25) is 0 Å². The highest BCUT2D eigenvalue weighted by Gasteiger charge is 2.10. The second-order valence-corrected chi connectivity index (χ2v) is 4.63. The van der Waals surface area contributed by atoms with Crippen LogP contribution in [0.4, 0.5) is 0 Å². The summed E-state index contributed by atoms with van der Waals surface area (Å²) >= 11 is 0. The zero-order valence-corrected chi connectivity index (χ0v) is 10.5. The zero-order valence-electron chi connectivity index (χ0n) is 10.5. The minimum absolute atomic E-state index is 0.520. The predicted octanol–water partition coefficient (Wildman–Crippen LogP) is 2.64. The van der Waals surface area contributed by atoms with E-state index in [-0.39, 0.29) is 0 Å². The number of nitrogens with zero attached hydrogens (tertiary/aromatic N) is 1. The van der Waals surface area contributed by atoms with Crippen molar-refractivity contribution in [1.29, 1.82) is 0 Å². The molecule has 2 rings (SSSR count). The van der Waals surface area contributed by atoms with Gasteiger partial charge in [0.05, 0.1) is 5.52 Å². The standard InChI is InChI=1S/C14H20N2/c1-10-6-5-7-13-12(8-11(2)15-3)9-16(4)14(10)13/h5-7,9,11,15H,8H2,1-4H3. The molecule has 0 saturated heterocycles. The van der Waals surface area contributed by atoms with E-state index in [2.05, 4.69) is 55.2 Å². The van der Waals surface area contributed by atoms with Gasteiger partial charge in [-0.25, -0.2) is 0 Å². The monoisotopic (exact) mass is 216 g/mol. The Hall–Kier alpha value is -1.28. The lowest BCUT2D eigenvalue weighted by Gasteiger charge is -2.08. The number of para-hydroxylation sites is 1. The van der Waals surface area contributed by atoms with E-state index in [1.807, 2.05) is 7.05 Å². The van der Waals surface area contributed by atoms with Gasteiger partial charge in [0.25, 0.3) is 0 Å². The molecule has 1 atom stereocenters. The molecule has 1 heterocycles. The van der Waals surface area contributed by atoms with Gasteiger partial charge in [-0.15, -0.1) is 0 Å². The average Bonchev–Trinajstić information content (AvgIpc) is 2.57. The number of benzene rings is 1. The van der Waals surface area contributed by atoms with Crippen LogP contribution in [0.3, 0.4) is 0 Å². The first-order valence-corrected chi connectivity index (χ1v) is 5.84. The molecule has 86 valence electrons. The van der Waals surface area contributed by atoms with Crippen LogP contribution in [0.5, 0.6) is 0 Å². The van der Waals surface area contributed by atoms with Crippen molar-refractivity contribution in [3.05, 3.63) is 35.5 Å². The Kier molecular flexibility index (Phi) is 3.01. The van der Waals surface area contributed by atoms with E-state index in [1.165, 1.54) is 22.0 Å². The molecule has 2 heteroatoms. The maximum absolute atomic E-state index is 3.29. The Balaban J connectivity index is 2.51. The number of aromatic nitrogens is 1. The number of likely N-dealkylation sites (N-methyl/N-ethyl adjacent to an activating group) is 1. The minimum atomic E-state index is 0.520. The molecule has 16 heavy (non-hydrogen) atoms. The molecule has 0 bridgehead atoms. The van der Waals surface area contributed by atoms with Gasteiger partial charge < -0.3 is 9.88 Å². The summed E-state index contributed by atoms with van der Waals surface area (Å²) in [5.41, 5.74) is 4.15. The van der Waals surface area contributed by atoms with E-state index in [0.29, 0.717) is 6.04 Å². The third-order valence-corrected chi connectivity index (χ3v) is 3.30. The highest BCUT2D eigenvalue weighted by molar-refractivity contribution is 5.86. The first kappa shape index (κ1) is 11.2. The Morgan fingerprint density at radius 2 is 2.12 bits per heavy atom. The summed E-state index contributed by atoms with van der Waals surface area (Å²) in [5, 5.41) is 4.69. The molecule has 1 aromatic heterocycles. The summed E-state index contributed by atoms with van der Waals surface area (Å²) in [6.07, 6.45) is 3.34. The molecule has 1 unspecified atom stereocenters. The molecule has 0 aliphatic carbocycles. The van der Waals surface area contributed by atoms with Gasteiger partial charge >= 0.3 is 0 Å². The quantitative estimate of drug-likeness (QED) is 0.834. The summed E-state index contributed by atoms with van der Waals surface area (Å²) in [6, 6.07) is 7.06. The van der Waals surface area contributed by atoms with Gasteiger partial charge in [0.15, 0.2) is 0 Å². The van der Waals surface area contributed by atoms with Gasteiger partial charge in [0, 0.05) is 24.7 Å². The minimum Gasteiger partial charge on any atom is -0.350 e. The maximum atomic E-state index is 3.29. The van der Waals surface area contributed by atoms with Crippen molar-refractivity contribution in [3.63, 3.8) is 0 Å². The summed E-state index contributed by atoms with van der Waals surface area (Å²) in [4.78, 5) is 0. The second-order valence-electron chi connectivity index (χ2n) is 4.63. The fourth-order valence-electron chi connectivity index (χ4n) is 2.35. The molecule has 2 aromatic rings. The Labute approximate surface area is 97.3 Å². The van der Waals surface area contributed by atoms with Gasteiger partial charge in [-0.05, 0) is 38.4 Å².